The van der Waals surface area contributed by atoms with Crippen LogP contribution in [0.3, 0.4) is 0 Å². The zero-order chi connectivity index (χ0) is 15.5. The molecule has 0 saturated heterocycles. The largest absolute Gasteiger partial charge is 0.242 e. The smallest absolute Gasteiger partial charge is 0.211 e. The third-order valence-electron chi connectivity index (χ3n) is 3.13. The molecule has 0 spiro atoms. The lowest BCUT2D eigenvalue weighted by molar-refractivity contribution is 0.575. The Kier molecular flexibility index (Phi) is 5.27. The summed E-state index contributed by atoms with van der Waals surface area (Å²) >= 11 is 11.8. The molecule has 1 atom stereocenters. The second-order valence-electron chi connectivity index (χ2n) is 4.74. The van der Waals surface area contributed by atoms with E-state index in [2.05, 4.69) is 4.72 Å². The average Bonchev–Trinajstić information content (AvgIpc) is 2.48. The van der Waals surface area contributed by atoms with Gasteiger partial charge in [-0.05, 0) is 29.7 Å². The fourth-order valence-corrected chi connectivity index (χ4v) is 3.79. The number of halogens is 2. The molecule has 112 valence electrons. The molecule has 0 unspecified atom stereocenters. The number of benzene rings is 2. The molecular formula is C15H15Cl2NO2S. The Morgan fingerprint density at radius 1 is 1.10 bits per heavy atom. The van der Waals surface area contributed by atoms with E-state index in [4.69, 9.17) is 23.2 Å². The first-order valence-corrected chi connectivity index (χ1v) is 8.64. The summed E-state index contributed by atoms with van der Waals surface area (Å²) in [6.45, 7) is 2.24. The summed E-state index contributed by atoms with van der Waals surface area (Å²) in [4.78, 5) is -0.00284. The molecule has 1 N–H and O–H groups in total. The van der Waals surface area contributed by atoms with Crippen LogP contribution in [-0.2, 0) is 10.0 Å². The highest BCUT2D eigenvalue weighted by Crippen LogP contribution is 2.25. The maximum atomic E-state index is 12.3. The SMILES string of the molecule is C[C@@H](CNS(=O)(=O)c1cc(Cl)ccc1Cl)c1ccccc1. The molecule has 0 radical (unpaired) electrons. The number of nitrogens with one attached hydrogen (secondary N) is 1. The second kappa shape index (κ2) is 6.79. The molecule has 0 amide bonds. The van der Waals surface area contributed by atoms with E-state index in [0.717, 1.165) is 5.56 Å². The van der Waals surface area contributed by atoms with Crippen LogP contribution in [0.5, 0.6) is 0 Å². The molecule has 2 rings (SSSR count). The first-order valence-electron chi connectivity index (χ1n) is 6.40. The van der Waals surface area contributed by atoms with Crippen LogP contribution in [0.15, 0.2) is 53.4 Å². The van der Waals surface area contributed by atoms with E-state index in [1.165, 1.54) is 12.1 Å². The fraction of sp³-hybridized carbons (Fsp3) is 0.200. The van der Waals surface area contributed by atoms with E-state index in [1.54, 1.807) is 6.07 Å². The van der Waals surface area contributed by atoms with Gasteiger partial charge in [0.2, 0.25) is 10.0 Å². The van der Waals surface area contributed by atoms with Gasteiger partial charge < -0.3 is 0 Å². The molecule has 0 heterocycles. The van der Waals surface area contributed by atoms with Gasteiger partial charge in [0.1, 0.15) is 4.90 Å². The average molecular weight is 344 g/mol. The summed E-state index contributed by atoms with van der Waals surface area (Å²) in [6, 6.07) is 14.1. The summed E-state index contributed by atoms with van der Waals surface area (Å²) in [5.74, 6) is 0.0546. The molecule has 3 nitrogen and oxygen atoms in total. The normalized spacial score (nSPS) is 13.1. The predicted octanol–water partition coefficient (Wildman–Crippen LogP) is 4.08. The number of rotatable bonds is 5. The van der Waals surface area contributed by atoms with Gasteiger partial charge in [0.15, 0.2) is 0 Å². The molecule has 0 aliphatic carbocycles. The van der Waals surface area contributed by atoms with Crippen molar-refractivity contribution >= 4 is 33.2 Å². The summed E-state index contributed by atoms with van der Waals surface area (Å²) in [5, 5.41) is 0.482. The highest BCUT2D eigenvalue weighted by atomic mass is 35.5. The molecule has 0 aromatic heterocycles. The lowest BCUT2D eigenvalue weighted by Gasteiger charge is -2.14. The molecule has 21 heavy (non-hydrogen) atoms. The third-order valence-corrected chi connectivity index (χ3v) is 5.27. The zero-order valence-electron chi connectivity index (χ0n) is 11.4. The zero-order valence-corrected chi connectivity index (χ0v) is 13.7. The first-order chi connectivity index (χ1) is 9.90. The lowest BCUT2D eigenvalue weighted by Crippen LogP contribution is -2.28. The van der Waals surface area contributed by atoms with Crippen molar-refractivity contribution in [1.29, 1.82) is 0 Å². The van der Waals surface area contributed by atoms with Crippen molar-refractivity contribution in [3.63, 3.8) is 0 Å². The molecule has 0 aliphatic heterocycles. The second-order valence-corrected chi connectivity index (χ2v) is 7.32. The molecule has 6 heteroatoms. The summed E-state index contributed by atoms with van der Waals surface area (Å²) in [5.41, 5.74) is 1.07. The van der Waals surface area contributed by atoms with Crippen LogP contribution < -0.4 is 4.72 Å². The number of hydrogen-bond acceptors (Lipinski definition) is 2. The molecule has 0 saturated carbocycles. The molecule has 2 aromatic carbocycles. The van der Waals surface area contributed by atoms with Crippen molar-refractivity contribution < 1.29 is 8.42 Å². The Bertz CT molecular complexity index is 718. The maximum Gasteiger partial charge on any atom is 0.242 e. The maximum absolute atomic E-state index is 12.3. The van der Waals surface area contributed by atoms with Crippen molar-refractivity contribution in [3.8, 4) is 0 Å². The van der Waals surface area contributed by atoms with Crippen LogP contribution in [-0.4, -0.2) is 15.0 Å². The van der Waals surface area contributed by atoms with Gasteiger partial charge >= 0.3 is 0 Å². The van der Waals surface area contributed by atoms with Crippen molar-refractivity contribution in [2.75, 3.05) is 6.54 Å². The van der Waals surface area contributed by atoms with Gasteiger partial charge in [-0.1, -0.05) is 60.5 Å². The quantitative estimate of drug-likeness (QED) is 0.889. The van der Waals surface area contributed by atoms with Crippen LogP contribution >= 0.6 is 23.2 Å². The van der Waals surface area contributed by atoms with Crippen LogP contribution in [0.25, 0.3) is 0 Å². The summed E-state index contributed by atoms with van der Waals surface area (Å²) < 4.78 is 27.1. The van der Waals surface area contributed by atoms with Crippen molar-refractivity contribution in [2.24, 2.45) is 0 Å². The highest BCUT2D eigenvalue weighted by molar-refractivity contribution is 7.89. The Hall–Kier alpha value is -1.07. The van der Waals surface area contributed by atoms with E-state index >= 15 is 0 Å². The molecule has 0 bridgehead atoms. The Morgan fingerprint density at radius 3 is 2.43 bits per heavy atom. The molecule has 0 aliphatic rings. The van der Waals surface area contributed by atoms with Crippen LogP contribution in [0.2, 0.25) is 10.0 Å². The predicted molar refractivity (Wildman–Crippen MR) is 86.5 cm³/mol. The van der Waals surface area contributed by atoms with Crippen LogP contribution in [0, 0.1) is 0 Å². The van der Waals surface area contributed by atoms with E-state index in [0.29, 0.717) is 5.02 Å². The van der Waals surface area contributed by atoms with E-state index in [9.17, 15) is 8.42 Å². The Labute approximate surface area is 135 Å². The highest BCUT2D eigenvalue weighted by Gasteiger charge is 2.19. The summed E-state index contributed by atoms with van der Waals surface area (Å²) in [6.07, 6.45) is 0. The fourth-order valence-electron chi connectivity index (χ4n) is 1.90. The van der Waals surface area contributed by atoms with E-state index < -0.39 is 10.0 Å². The molecular weight excluding hydrogens is 329 g/mol. The van der Waals surface area contributed by atoms with Crippen LogP contribution in [0.4, 0.5) is 0 Å². The Balaban J connectivity index is 2.13. The third kappa shape index (κ3) is 4.20. The van der Waals surface area contributed by atoms with Crippen molar-refractivity contribution in [1.82, 2.24) is 4.72 Å². The van der Waals surface area contributed by atoms with Gasteiger partial charge in [-0.25, -0.2) is 13.1 Å². The van der Waals surface area contributed by atoms with Gasteiger partial charge in [-0.15, -0.1) is 0 Å². The van der Waals surface area contributed by atoms with E-state index in [-0.39, 0.29) is 22.4 Å². The van der Waals surface area contributed by atoms with Crippen molar-refractivity contribution in [3.05, 3.63) is 64.1 Å². The topological polar surface area (TPSA) is 46.2 Å². The minimum atomic E-state index is -3.68. The number of sulfonamides is 1. The minimum Gasteiger partial charge on any atom is -0.211 e. The van der Waals surface area contributed by atoms with Gasteiger partial charge in [-0.3, -0.25) is 0 Å². The molecule has 2 aromatic rings. The van der Waals surface area contributed by atoms with Crippen molar-refractivity contribution in [2.45, 2.75) is 17.7 Å². The molecule has 0 fully saturated rings. The van der Waals surface area contributed by atoms with Gasteiger partial charge in [0.25, 0.3) is 0 Å². The standard InChI is InChI=1S/C15H15Cl2NO2S/c1-11(12-5-3-2-4-6-12)10-18-21(19,20)15-9-13(16)7-8-14(15)17/h2-9,11,18H,10H2,1H3/t11-/m0/s1. The lowest BCUT2D eigenvalue weighted by atomic mass is 10.0. The first kappa shape index (κ1) is 16.3. The van der Waals surface area contributed by atoms with Gasteiger partial charge in [0.05, 0.1) is 5.02 Å². The van der Waals surface area contributed by atoms with Gasteiger partial charge in [-0.2, -0.15) is 0 Å². The minimum absolute atomic E-state index is 0.00284. The number of hydrogen-bond donors (Lipinski definition) is 1. The van der Waals surface area contributed by atoms with E-state index in [1.807, 2.05) is 37.3 Å². The Morgan fingerprint density at radius 2 is 1.76 bits per heavy atom. The van der Waals surface area contributed by atoms with Gasteiger partial charge in [0, 0.05) is 11.6 Å². The van der Waals surface area contributed by atoms with Crippen LogP contribution in [0.1, 0.15) is 18.4 Å². The monoisotopic (exact) mass is 343 g/mol. The summed E-state index contributed by atoms with van der Waals surface area (Å²) in [7, 11) is -3.68.